The van der Waals surface area contributed by atoms with Crippen LogP contribution in [0.2, 0.25) is 5.02 Å². The number of halogens is 1. The lowest BCUT2D eigenvalue weighted by Crippen LogP contribution is -2.32. The number of rotatable bonds is 3. The quantitative estimate of drug-likeness (QED) is 0.896. The van der Waals surface area contributed by atoms with Crippen molar-refractivity contribution in [2.24, 2.45) is 5.92 Å². The van der Waals surface area contributed by atoms with Gasteiger partial charge in [-0.15, -0.1) is 0 Å². The van der Waals surface area contributed by atoms with Crippen molar-refractivity contribution in [3.8, 4) is 11.5 Å². The van der Waals surface area contributed by atoms with Crippen molar-refractivity contribution in [2.75, 3.05) is 19.8 Å². The fourth-order valence-corrected chi connectivity index (χ4v) is 3.09. The first-order chi connectivity index (χ1) is 10.1. The summed E-state index contributed by atoms with van der Waals surface area (Å²) in [6, 6.07) is 3.22. The van der Waals surface area contributed by atoms with E-state index in [4.69, 9.17) is 21.1 Å². The Labute approximate surface area is 128 Å². The third-order valence-electron chi connectivity index (χ3n) is 4.00. The van der Waals surface area contributed by atoms with Crippen LogP contribution in [0.3, 0.4) is 0 Å². The number of hydrogen-bond donors (Lipinski definition) is 2. The third kappa shape index (κ3) is 3.09. The van der Waals surface area contributed by atoms with E-state index in [0.717, 1.165) is 19.3 Å². The van der Waals surface area contributed by atoms with Crippen molar-refractivity contribution in [3.63, 3.8) is 0 Å². The maximum Gasteiger partial charge on any atom is 0.251 e. The summed E-state index contributed by atoms with van der Waals surface area (Å²) in [7, 11) is 0. The van der Waals surface area contributed by atoms with Gasteiger partial charge in [0.05, 0.1) is 11.1 Å². The molecule has 0 saturated heterocycles. The van der Waals surface area contributed by atoms with Gasteiger partial charge in [-0.3, -0.25) is 4.79 Å². The molecular weight excluding hydrogens is 294 g/mol. The SMILES string of the molecule is O=C(NCC1CCCC1O)c1cc(Cl)c2c(c1)OCCO2. The molecule has 3 rings (SSSR count). The first-order valence-electron chi connectivity index (χ1n) is 7.20. The second-order valence-corrected chi connectivity index (χ2v) is 5.86. The highest BCUT2D eigenvalue weighted by molar-refractivity contribution is 6.32. The van der Waals surface area contributed by atoms with Crippen molar-refractivity contribution >= 4 is 17.5 Å². The molecule has 0 aromatic heterocycles. The van der Waals surface area contributed by atoms with Crippen LogP contribution < -0.4 is 14.8 Å². The Morgan fingerprint density at radius 1 is 1.33 bits per heavy atom. The number of amides is 1. The van der Waals surface area contributed by atoms with Crippen molar-refractivity contribution in [3.05, 3.63) is 22.7 Å². The van der Waals surface area contributed by atoms with E-state index in [1.807, 2.05) is 0 Å². The highest BCUT2D eigenvalue weighted by Gasteiger charge is 2.26. The van der Waals surface area contributed by atoms with Gasteiger partial charge in [0.1, 0.15) is 13.2 Å². The minimum Gasteiger partial charge on any atom is -0.486 e. The van der Waals surface area contributed by atoms with Crippen LogP contribution >= 0.6 is 11.6 Å². The molecule has 1 aliphatic heterocycles. The van der Waals surface area contributed by atoms with Crippen LogP contribution in [0.25, 0.3) is 0 Å². The van der Waals surface area contributed by atoms with Gasteiger partial charge in [-0.2, -0.15) is 0 Å². The summed E-state index contributed by atoms with van der Waals surface area (Å²) in [5.74, 6) is 0.917. The van der Waals surface area contributed by atoms with Crippen molar-refractivity contribution in [1.82, 2.24) is 5.32 Å². The molecule has 21 heavy (non-hydrogen) atoms. The number of ether oxygens (including phenoxy) is 2. The first kappa shape index (κ1) is 14.5. The van der Waals surface area contributed by atoms with E-state index in [9.17, 15) is 9.90 Å². The summed E-state index contributed by atoms with van der Waals surface area (Å²) in [4.78, 5) is 12.2. The fourth-order valence-electron chi connectivity index (χ4n) is 2.82. The Morgan fingerprint density at radius 2 is 2.14 bits per heavy atom. The zero-order valence-electron chi connectivity index (χ0n) is 11.6. The van der Waals surface area contributed by atoms with Crippen LogP contribution in [0.4, 0.5) is 0 Å². The van der Waals surface area contributed by atoms with E-state index < -0.39 is 0 Å². The second kappa shape index (κ2) is 6.12. The van der Waals surface area contributed by atoms with Gasteiger partial charge in [0.15, 0.2) is 11.5 Å². The lowest BCUT2D eigenvalue weighted by atomic mass is 10.1. The fraction of sp³-hybridized carbons (Fsp3) is 0.533. The molecular formula is C15H18ClNO4. The zero-order valence-corrected chi connectivity index (χ0v) is 12.4. The summed E-state index contributed by atoms with van der Waals surface area (Å²) in [6.07, 6.45) is 2.46. The molecule has 1 amide bonds. The van der Waals surface area contributed by atoms with E-state index in [2.05, 4.69) is 5.32 Å². The molecule has 2 aliphatic rings. The lowest BCUT2D eigenvalue weighted by molar-refractivity contribution is 0.0915. The number of fused-ring (bicyclic) bond motifs is 1. The second-order valence-electron chi connectivity index (χ2n) is 5.45. The average Bonchev–Trinajstić information content (AvgIpc) is 2.90. The van der Waals surface area contributed by atoms with E-state index >= 15 is 0 Å². The van der Waals surface area contributed by atoms with Crippen LogP contribution in [-0.4, -0.2) is 36.9 Å². The highest BCUT2D eigenvalue weighted by Crippen LogP contribution is 2.38. The smallest absolute Gasteiger partial charge is 0.251 e. The molecule has 1 heterocycles. The lowest BCUT2D eigenvalue weighted by Gasteiger charge is -2.20. The summed E-state index contributed by atoms with van der Waals surface area (Å²) in [5.41, 5.74) is 0.441. The maximum atomic E-state index is 12.2. The van der Waals surface area contributed by atoms with Gasteiger partial charge in [-0.05, 0) is 25.0 Å². The molecule has 2 unspecified atom stereocenters. The molecule has 2 atom stereocenters. The molecule has 114 valence electrons. The summed E-state index contributed by atoms with van der Waals surface area (Å²) in [6.45, 7) is 1.38. The van der Waals surface area contributed by atoms with Gasteiger partial charge in [-0.25, -0.2) is 0 Å². The highest BCUT2D eigenvalue weighted by atomic mass is 35.5. The molecule has 1 aliphatic carbocycles. The Hall–Kier alpha value is -1.46. The molecule has 0 radical (unpaired) electrons. The van der Waals surface area contributed by atoms with Crippen LogP contribution in [0.5, 0.6) is 11.5 Å². The molecule has 0 bridgehead atoms. The summed E-state index contributed by atoms with van der Waals surface area (Å²) in [5, 5.41) is 13.0. The molecule has 2 N–H and O–H groups in total. The van der Waals surface area contributed by atoms with Crippen LogP contribution in [0, 0.1) is 5.92 Å². The van der Waals surface area contributed by atoms with E-state index in [1.165, 1.54) is 0 Å². The number of aliphatic hydroxyl groups excluding tert-OH is 1. The molecule has 6 heteroatoms. The van der Waals surface area contributed by atoms with Gasteiger partial charge in [0.25, 0.3) is 5.91 Å². The number of aliphatic hydroxyl groups is 1. The topological polar surface area (TPSA) is 67.8 Å². The third-order valence-corrected chi connectivity index (χ3v) is 4.28. The van der Waals surface area contributed by atoms with Gasteiger partial charge in [-0.1, -0.05) is 18.0 Å². The zero-order chi connectivity index (χ0) is 14.8. The van der Waals surface area contributed by atoms with Crippen LogP contribution in [0.15, 0.2) is 12.1 Å². The molecule has 1 aromatic rings. The van der Waals surface area contributed by atoms with E-state index in [0.29, 0.717) is 41.8 Å². The largest absolute Gasteiger partial charge is 0.486 e. The van der Waals surface area contributed by atoms with Crippen LogP contribution in [-0.2, 0) is 0 Å². The van der Waals surface area contributed by atoms with Gasteiger partial charge in [0, 0.05) is 18.0 Å². The van der Waals surface area contributed by atoms with Gasteiger partial charge in [0.2, 0.25) is 0 Å². The number of hydrogen-bond acceptors (Lipinski definition) is 4. The predicted molar refractivity (Wildman–Crippen MR) is 78.1 cm³/mol. The minimum absolute atomic E-state index is 0.140. The summed E-state index contributed by atoms with van der Waals surface area (Å²) < 4.78 is 10.9. The van der Waals surface area contributed by atoms with Gasteiger partial charge >= 0.3 is 0 Å². The monoisotopic (exact) mass is 311 g/mol. The predicted octanol–water partition coefficient (Wildman–Crippen LogP) is 2.00. The Bertz CT molecular complexity index is 549. The molecule has 5 nitrogen and oxygen atoms in total. The Balaban J connectivity index is 1.68. The number of nitrogens with one attached hydrogen (secondary N) is 1. The molecule has 1 saturated carbocycles. The minimum atomic E-state index is -0.311. The Morgan fingerprint density at radius 3 is 2.90 bits per heavy atom. The normalized spacial score (nSPS) is 23.9. The summed E-state index contributed by atoms with van der Waals surface area (Å²) >= 11 is 6.12. The first-order valence-corrected chi connectivity index (χ1v) is 7.58. The molecule has 0 spiro atoms. The van der Waals surface area contributed by atoms with Crippen molar-refractivity contribution in [2.45, 2.75) is 25.4 Å². The van der Waals surface area contributed by atoms with Crippen molar-refractivity contribution in [1.29, 1.82) is 0 Å². The molecule has 1 fully saturated rings. The standard InChI is InChI=1S/C15H18ClNO4/c16-11-6-10(7-13-14(11)21-5-4-20-13)15(19)17-8-9-2-1-3-12(9)18/h6-7,9,12,18H,1-5,8H2,(H,17,19). The van der Waals surface area contributed by atoms with E-state index in [-0.39, 0.29) is 17.9 Å². The number of benzene rings is 1. The molecule has 1 aromatic carbocycles. The van der Waals surface area contributed by atoms with Crippen molar-refractivity contribution < 1.29 is 19.4 Å². The maximum absolute atomic E-state index is 12.2. The number of carbonyl (C=O) groups excluding carboxylic acids is 1. The van der Waals surface area contributed by atoms with E-state index in [1.54, 1.807) is 12.1 Å². The Kier molecular flexibility index (Phi) is 4.22. The van der Waals surface area contributed by atoms with Gasteiger partial charge < -0.3 is 19.9 Å². The van der Waals surface area contributed by atoms with Crippen LogP contribution in [0.1, 0.15) is 29.6 Å². The number of carbonyl (C=O) groups is 1. The average molecular weight is 312 g/mol.